The SMILES string of the molecule is COc1ccccc1Nc1cc(N=C(c2ccccc2)c2ccccc2)nc(C(=O)N(C)c2ccccc2)c1. The van der Waals surface area contributed by atoms with Gasteiger partial charge < -0.3 is 15.0 Å². The molecule has 39 heavy (non-hydrogen) atoms. The molecule has 6 nitrogen and oxygen atoms in total. The molecule has 0 fully saturated rings. The molecule has 0 atom stereocenters. The zero-order valence-electron chi connectivity index (χ0n) is 21.8. The van der Waals surface area contributed by atoms with Crippen LogP contribution in [-0.2, 0) is 0 Å². The molecule has 0 saturated heterocycles. The van der Waals surface area contributed by atoms with Crippen LogP contribution in [0.4, 0.5) is 22.9 Å². The van der Waals surface area contributed by atoms with Crippen molar-refractivity contribution in [3.05, 3.63) is 144 Å². The fourth-order valence-corrected chi connectivity index (χ4v) is 4.20. The molecule has 0 unspecified atom stereocenters. The van der Waals surface area contributed by atoms with E-state index in [9.17, 15) is 4.79 Å². The van der Waals surface area contributed by atoms with Crippen molar-refractivity contribution in [3.63, 3.8) is 0 Å². The molecular formula is C33H28N4O2. The lowest BCUT2D eigenvalue weighted by Crippen LogP contribution is -2.27. The number of methoxy groups -OCH3 is 1. The van der Waals surface area contributed by atoms with Crippen LogP contribution in [0.1, 0.15) is 21.6 Å². The largest absolute Gasteiger partial charge is 0.495 e. The number of aliphatic imine (C=N–C) groups is 1. The summed E-state index contributed by atoms with van der Waals surface area (Å²) in [6.07, 6.45) is 0. The van der Waals surface area contributed by atoms with E-state index in [1.165, 1.54) is 0 Å². The quantitative estimate of drug-likeness (QED) is 0.222. The number of amides is 1. The molecule has 4 aromatic carbocycles. The number of aromatic nitrogens is 1. The average Bonchev–Trinajstić information content (AvgIpc) is 3.00. The van der Waals surface area contributed by atoms with Crippen molar-refractivity contribution in [2.45, 2.75) is 0 Å². The van der Waals surface area contributed by atoms with Crippen molar-refractivity contribution < 1.29 is 9.53 Å². The average molecular weight is 513 g/mol. The van der Waals surface area contributed by atoms with Crippen LogP contribution in [0, 0.1) is 0 Å². The Bertz CT molecular complexity index is 1550. The van der Waals surface area contributed by atoms with Crippen molar-refractivity contribution in [1.82, 2.24) is 4.98 Å². The van der Waals surface area contributed by atoms with Crippen LogP contribution >= 0.6 is 0 Å². The number of benzene rings is 4. The molecule has 0 aliphatic carbocycles. The van der Waals surface area contributed by atoms with Crippen LogP contribution < -0.4 is 15.0 Å². The number of hydrogen-bond donors (Lipinski definition) is 1. The van der Waals surface area contributed by atoms with Gasteiger partial charge in [0.05, 0.1) is 18.5 Å². The number of para-hydroxylation sites is 3. The van der Waals surface area contributed by atoms with Crippen molar-refractivity contribution in [3.8, 4) is 5.75 Å². The molecule has 0 spiro atoms. The third-order valence-electron chi connectivity index (χ3n) is 6.19. The molecule has 1 aromatic heterocycles. The Morgan fingerprint density at radius 3 is 1.95 bits per heavy atom. The predicted octanol–water partition coefficient (Wildman–Crippen LogP) is 7.28. The van der Waals surface area contributed by atoms with Gasteiger partial charge in [-0.3, -0.25) is 4.79 Å². The zero-order chi connectivity index (χ0) is 27.0. The summed E-state index contributed by atoms with van der Waals surface area (Å²) in [4.78, 5) is 24.9. The van der Waals surface area contributed by atoms with Gasteiger partial charge in [-0.05, 0) is 30.3 Å². The second kappa shape index (κ2) is 11.9. The highest BCUT2D eigenvalue weighted by atomic mass is 16.5. The van der Waals surface area contributed by atoms with Crippen LogP contribution in [0.2, 0.25) is 0 Å². The summed E-state index contributed by atoms with van der Waals surface area (Å²) in [5.74, 6) is 0.840. The molecule has 0 aliphatic heterocycles. The van der Waals surface area contributed by atoms with E-state index in [1.807, 2.05) is 121 Å². The third-order valence-corrected chi connectivity index (χ3v) is 6.19. The van der Waals surface area contributed by atoms with Gasteiger partial charge in [-0.2, -0.15) is 0 Å². The first kappa shape index (κ1) is 25.4. The molecule has 0 saturated carbocycles. The van der Waals surface area contributed by atoms with E-state index >= 15 is 0 Å². The van der Waals surface area contributed by atoms with Gasteiger partial charge in [0.1, 0.15) is 11.4 Å². The number of hydrogen-bond acceptors (Lipinski definition) is 5. The fourth-order valence-electron chi connectivity index (χ4n) is 4.20. The first-order chi connectivity index (χ1) is 19.1. The Labute approximate surface area is 228 Å². The van der Waals surface area contributed by atoms with Crippen molar-refractivity contribution >= 4 is 34.5 Å². The second-order valence-electron chi connectivity index (χ2n) is 8.82. The van der Waals surface area contributed by atoms with Crippen LogP contribution in [0.5, 0.6) is 5.75 Å². The highest BCUT2D eigenvalue weighted by Gasteiger charge is 2.18. The third kappa shape index (κ3) is 6.02. The summed E-state index contributed by atoms with van der Waals surface area (Å²) in [6.45, 7) is 0. The number of nitrogens with one attached hydrogen (secondary N) is 1. The summed E-state index contributed by atoms with van der Waals surface area (Å²) in [7, 11) is 3.36. The molecule has 1 N–H and O–H groups in total. The van der Waals surface area contributed by atoms with E-state index in [-0.39, 0.29) is 11.6 Å². The maximum atomic E-state index is 13.6. The highest BCUT2D eigenvalue weighted by molar-refractivity contribution is 6.14. The standard InChI is InChI=1S/C33H28N4O2/c1-37(27-18-10-5-11-19-27)33(38)29-22-26(34-28-20-12-13-21-30(28)39-2)23-31(35-29)36-32(24-14-6-3-7-15-24)25-16-8-4-9-17-25/h3-23H,1-2H3,(H,34,35). The molecule has 1 amide bonds. The van der Waals surface area contributed by atoms with Gasteiger partial charge in [0.25, 0.3) is 5.91 Å². The van der Waals surface area contributed by atoms with E-state index in [0.717, 1.165) is 28.2 Å². The number of ether oxygens (including phenoxy) is 1. The summed E-state index contributed by atoms with van der Waals surface area (Å²) in [6, 6.07) is 40.6. The lowest BCUT2D eigenvalue weighted by molar-refractivity contribution is 0.0988. The van der Waals surface area contributed by atoms with Crippen LogP contribution in [0.3, 0.4) is 0 Å². The van der Waals surface area contributed by atoms with E-state index < -0.39 is 0 Å². The molecule has 5 rings (SSSR count). The molecule has 0 bridgehead atoms. The van der Waals surface area contributed by atoms with Crippen LogP contribution in [0.25, 0.3) is 0 Å². The van der Waals surface area contributed by atoms with Crippen molar-refractivity contribution in [2.75, 3.05) is 24.4 Å². The number of pyridine rings is 1. The van der Waals surface area contributed by atoms with E-state index in [4.69, 9.17) is 14.7 Å². The molecule has 192 valence electrons. The Hall–Kier alpha value is -5.23. The predicted molar refractivity (Wildman–Crippen MR) is 158 cm³/mol. The molecule has 6 heteroatoms. The summed E-state index contributed by atoms with van der Waals surface area (Å²) >= 11 is 0. The van der Waals surface area contributed by atoms with Crippen molar-refractivity contribution in [2.24, 2.45) is 4.99 Å². The van der Waals surface area contributed by atoms with E-state index in [0.29, 0.717) is 17.3 Å². The monoisotopic (exact) mass is 512 g/mol. The zero-order valence-corrected chi connectivity index (χ0v) is 21.8. The Balaban J connectivity index is 1.63. The number of rotatable bonds is 8. The Kier molecular flexibility index (Phi) is 7.74. The van der Waals surface area contributed by atoms with E-state index in [2.05, 4.69) is 5.32 Å². The smallest absolute Gasteiger partial charge is 0.276 e. The molecule has 5 aromatic rings. The molecule has 1 heterocycles. The number of anilines is 3. The normalized spacial score (nSPS) is 10.4. The summed E-state index contributed by atoms with van der Waals surface area (Å²) in [5, 5.41) is 3.39. The van der Waals surface area contributed by atoms with Gasteiger partial charge in [-0.15, -0.1) is 0 Å². The number of nitrogens with zero attached hydrogens (tertiary/aromatic N) is 3. The van der Waals surface area contributed by atoms with Gasteiger partial charge in [0.2, 0.25) is 0 Å². The summed E-state index contributed by atoms with van der Waals surface area (Å²) < 4.78 is 5.52. The molecule has 0 aliphatic rings. The highest BCUT2D eigenvalue weighted by Crippen LogP contribution is 2.30. The Morgan fingerprint density at radius 1 is 0.769 bits per heavy atom. The van der Waals surface area contributed by atoms with Gasteiger partial charge in [0, 0.05) is 35.6 Å². The maximum Gasteiger partial charge on any atom is 0.276 e. The number of carbonyl (C=O) groups excluding carboxylic acids is 1. The fraction of sp³-hybridized carbons (Fsp3) is 0.0606. The maximum absolute atomic E-state index is 13.6. The lowest BCUT2D eigenvalue weighted by atomic mass is 10.0. The summed E-state index contributed by atoms with van der Waals surface area (Å²) in [5.41, 5.74) is 5.12. The second-order valence-corrected chi connectivity index (χ2v) is 8.82. The van der Waals surface area contributed by atoms with Crippen molar-refractivity contribution in [1.29, 1.82) is 0 Å². The van der Waals surface area contributed by atoms with Crippen LogP contribution in [0.15, 0.2) is 132 Å². The first-order valence-corrected chi connectivity index (χ1v) is 12.6. The minimum Gasteiger partial charge on any atom is -0.495 e. The van der Waals surface area contributed by atoms with E-state index in [1.54, 1.807) is 25.1 Å². The first-order valence-electron chi connectivity index (χ1n) is 12.6. The topological polar surface area (TPSA) is 66.8 Å². The van der Waals surface area contributed by atoms with Gasteiger partial charge in [-0.25, -0.2) is 9.98 Å². The van der Waals surface area contributed by atoms with Gasteiger partial charge >= 0.3 is 0 Å². The molecule has 0 radical (unpaired) electrons. The number of carbonyl (C=O) groups is 1. The molecular weight excluding hydrogens is 484 g/mol. The Morgan fingerprint density at radius 2 is 1.33 bits per heavy atom. The minimum atomic E-state index is -0.248. The van der Waals surface area contributed by atoms with Gasteiger partial charge in [0.15, 0.2) is 5.82 Å². The minimum absolute atomic E-state index is 0.248. The van der Waals surface area contributed by atoms with Gasteiger partial charge in [-0.1, -0.05) is 91.0 Å². The van der Waals surface area contributed by atoms with Crippen LogP contribution in [-0.4, -0.2) is 30.8 Å². The lowest BCUT2D eigenvalue weighted by Gasteiger charge is -2.18.